The first-order valence-corrected chi connectivity index (χ1v) is 3.83. The molecule has 0 atom stereocenters. The van der Waals surface area contributed by atoms with Gasteiger partial charge >= 0.3 is 0 Å². The molecule has 0 aliphatic carbocycles. The van der Waals surface area contributed by atoms with Gasteiger partial charge in [-0.1, -0.05) is 6.07 Å². The Morgan fingerprint density at radius 3 is 2.46 bits per heavy atom. The van der Waals surface area contributed by atoms with Crippen LogP contribution < -0.4 is 0 Å². The minimum absolute atomic E-state index is 0.116. The van der Waals surface area contributed by atoms with E-state index in [0.717, 1.165) is 0 Å². The summed E-state index contributed by atoms with van der Waals surface area (Å²) >= 11 is 0. The predicted octanol–water partition coefficient (Wildman–Crippen LogP) is 2.15. The number of carbonyl (C=O) groups is 2. The monoisotopic (exact) mass is 180 g/mol. The van der Waals surface area contributed by atoms with E-state index in [9.17, 15) is 14.0 Å². The molecular weight excluding hydrogens is 171 g/mol. The molecule has 0 spiro atoms. The first-order valence-electron chi connectivity index (χ1n) is 3.83. The van der Waals surface area contributed by atoms with E-state index < -0.39 is 11.6 Å². The Morgan fingerprint density at radius 1 is 1.46 bits per heavy atom. The number of aldehydes is 1. The summed E-state index contributed by atoms with van der Waals surface area (Å²) in [5.41, 5.74) is 0.643. The molecule has 0 radical (unpaired) electrons. The van der Waals surface area contributed by atoms with Crippen molar-refractivity contribution in [1.29, 1.82) is 0 Å². The van der Waals surface area contributed by atoms with Gasteiger partial charge in [-0.3, -0.25) is 9.59 Å². The van der Waals surface area contributed by atoms with Gasteiger partial charge in [0.1, 0.15) is 5.82 Å². The zero-order valence-corrected chi connectivity index (χ0v) is 7.43. The molecule has 1 aromatic rings. The molecule has 1 rings (SSSR count). The number of halogens is 1. The molecule has 3 heteroatoms. The van der Waals surface area contributed by atoms with Crippen molar-refractivity contribution in [2.24, 2.45) is 0 Å². The fourth-order valence-electron chi connectivity index (χ4n) is 1.21. The normalized spacial score (nSPS) is 9.77. The standard InChI is InChI=1S/C10H9FO2/c1-6-3-4-9(11)10(7(2)13)8(6)5-12/h3-5H,1-2H3. The van der Waals surface area contributed by atoms with E-state index >= 15 is 0 Å². The molecule has 2 nitrogen and oxygen atoms in total. The van der Waals surface area contributed by atoms with Gasteiger partial charge < -0.3 is 0 Å². The average Bonchev–Trinajstić information content (AvgIpc) is 2.07. The van der Waals surface area contributed by atoms with Gasteiger partial charge in [-0.05, 0) is 25.5 Å². The van der Waals surface area contributed by atoms with Crippen molar-refractivity contribution in [3.63, 3.8) is 0 Å². The fraction of sp³-hybridized carbons (Fsp3) is 0.200. The highest BCUT2D eigenvalue weighted by Gasteiger charge is 2.14. The topological polar surface area (TPSA) is 34.1 Å². The molecule has 0 N–H and O–H groups in total. The highest BCUT2D eigenvalue weighted by atomic mass is 19.1. The molecule has 0 heterocycles. The van der Waals surface area contributed by atoms with Gasteiger partial charge in [-0.25, -0.2) is 4.39 Å². The van der Waals surface area contributed by atoms with Crippen LogP contribution in [0.15, 0.2) is 12.1 Å². The van der Waals surface area contributed by atoms with Gasteiger partial charge in [0.15, 0.2) is 12.1 Å². The van der Waals surface area contributed by atoms with Crippen LogP contribution in [0.3, 0.4) is 0 Å². The fourth-order valence-corrected chi connectivity index (χ4v) is 1.21. The van der Waals surface area contributed by atoms with Crippen LogP contribution in [0.25, 0.3) is 0 Å². The molecule has 68 valence electrons. The van der Waals surface area contributed by atoms with E-state index in [2.05, 4.69) is 0 Å². The van der Waals surface area contributed by atoms with Crippen molar-refractivity contribution in [2.45, 2.75) is 13.8 Å². The van der Waals surface area contributed by atoms with Gasteiger partial charge in [-0.15, -0.1) is 0 Å². The van der Waals surface area contributed by atoms with Crippen LogP contribution in [0.2, 0.25) is 0 Å². The Labute approximate surface area is 75.4 Å². The maximum Gasteiger partial charge on any atom is 0.163 e. The van der Waals surface area contributed by atoms with E-state index in [1.54, 1.807) is 6.92 Å². The van der Waals surface area contributed by atoms with E-state index in [4.69, 9.17) is 0 Å². The number of Topliss-reactive ketones (excluding diaryl/α,β-unsaturated/α-hetero) is 1. The third-order valence-corrected chi connectivity index (χ3v) is 1.88. The van der Waals surface area contributed by atoms with Crippen molar-refractivity contribution in [3.05, 3.63) is 34.6 Å². The van der Waals surface area contributed by atoms with Gasteiger partial charge in [-0.2, -0.15) is 0 Å². The van der Waals surface area contributed by atoms with E-state index in [1.807, 2.05) is 0 Å². The Bertz CT molecular complexity index is 369. The second kappa shape index (κ2) is 3.47. The molecule has 0 saturated heterocycles. The molecule has 0 saturated carbocycles. The van der Waals surface area contributed by atoms with Gasteiger partial charge in [0, 0.05) is 5.56 Å². The zero-order chi connectivity index (χ0) is 10.0. The maximum absolute atomic E-state index is 13.1. The highest BCUT2D eigenvalue weighted by molar-refractivity contribution is 6.02. The maximum atomic E-state index is 13.1. The summed E-state index contributed by atoms with van der Waals surface area (Å²) in [5.74, 6) is -1.07. The molecule has 0 amide bonds. The van der Waals surface area contributed by atoms with Crippen LogP contribution in [-0.4, -0.2) is 12.1 Å². The van der Waals surface area contributed by atoms with Crippen LogP contribution in [0.5, 0.6) is 0 Å². The molecule has 0 unspecified atom stereocenters. The highest BCUT2D eigenvalue weighted by Crippen LogP contribution is 2.16. The summed E-state index contributed by atoms with van der Waals surface area (Å²) in [6.07, 6.45) is 0.509. The Morgan fingerprint density at radius 2 is 2.08 bits per heavy atom. The second-order valence-corrected chi connectivity index (χ2v) is 2.83. The third-order valence-electron chi connectivity index (χ3n) is 1.88. The molecule has 13 heavy (non-hydrogen) atoms. The van der Waals surface area contributed by atoms with Crippen LogP contribution >= 0.6 is 0 Å². The quantitative estimate of drug-likeness (QED) is 0.516. The smallest absolute Gasteiger partial charge is 0.163 e. The number of carbonyl (C=O) groups excluding carboxylic acids is 2. The number of ketones is 1. The number of rotatable bonds is 2. The SMILES string of the molecule is CC(=O)c1c(F)ccc(C)c1C=O. The van der Waals surface area contributed by atoms with E-state index in [0.29, 0.717) is 11.8 Å². The van der Waals surface area contributed by atoms with E-state index in [1.165, 1.54) is 19.1 Å². The zero-order valence-electron chi connectivity index (χ0n) is 7.43. The lowest BCUT2D eigenvalue weighted by molar-refractivity contribution is 0.100. The Balaban J connectivity index is 3.52. The Kier molecular flexibility index (Phi) is 2.56. The molecule has 0 aromatic heterocycles. The second-order valence-electron chi connectivity index (χ2n) is 2.83. The van der Waals surface area contributed by atoms with Crippen LogP contribution in [0.4, 0.5) is 4.39 Å². The molecule has 0 bridgehead atoms. The van der Waals surface area contributed by atoms with Crippen molar-refractivity contribution in [1.82, 2.24) is 0 Å². The summed E-state index contributed by atoms with van der Waals surface area (Å²) in [6, 6.07) is 2.67. The molecule has 0 aliphatic rings. The average molecular weight is 180 g/mol. The van der Waals surface area contributed by atoms with Gasteiger partial charge in [0.2, 0.25) is 0 Å². The minimum atomic E-state index is -0.639. The lowest BCUT2D eigenvalue weighted by atomic mass is 10.00. The first-order chi connectivity index (χ1) is 6.07. The van der Waals surface area contributed by atoms with Crippen LogP contribution in [-0.2, 0) is 0 Å². The summed E-state index contributed by atoms with van der Waals surface area (Å²) in [6.45, 7) is 2.90. The lowest BCUT2D eigenvalue weighted by Gasteiger charge is -2.04. The van der Waals surface area contributed by atoms with Crippen molar-refractivity contribution >= 4 is 12.1 Å². The summed E-state index contributed by atoms with van der Waals surface area (Å²) in [4.78, 5) is 21.6. The molecular formula is C10H9FO2. The molecule has 0 fully saturated rings. The van der Waals surface area contributed by atoms with Crippen molar-refractivity contribution in [2.75, 3.05) is 0 Å². The largest absolute Gasteiger partial charge is 0.298 e. The lowest BCUT2D eigenvalue weighted by Crippen LogP contribution is -2.04. The third kappa shape index (κ3) is 1.64. The first kappa shape index (κ1) is 9.58. The summed E-state index contributed by atoms with van der Waals surface area (Å²) in [7, 11) is 0. The van der Waals surface area contributed by atoms with Crippen LogP contribution in [0, 0.1) is 12.7 Å². The summed E-state index contributed by atoms with van der Waals surface area (Å²) < 4.78 is 13.1. The van der Waals surface area contributed by atoms with Crippen molar-refractivity contribution in [3.8, 4) is 0 Å². The number of hydrogen-bond donors (Lipinski definition) is 0. The van der Waals surface area contributed by atoms with Crippen molar-refractivity contribution < 1.29 is 14.0 Å². The van der Waals surface area contributed by atoms with E-state index in [-0.39, 0.29) is 11.1 Å². The Hall–Kier alpha value is -1.51. The number of hydrogen-bond acceptors (Lipinski definition) is 2. The molecule has 1 aromatic carbocycles. The summed E-state index contributed by atoms with van der Waals surface area (Å²) in [5, 5.41) is 0. The number of benzene rings is 1. The minimum Gasteiger partial charge on any atom is -0.298 e. The van der Waals surface area contributed by atoms with Gasteiger partial charge in [0.25, 0.3) is 0 Å². The van der Waals surface area contributed by atoms with Gasteiger partial charge in [0.05, 0.1) is 5.56 Å². The number of aryl methyl sites for hydroxylation is 1. The predicted molar refractivity (Wildman–Crippen MR) is 46.5 cm³/mol. The van der Waals surface area contributed by atoms with Crippen LogP contribution in [0.1, 0.15) is 33.2 Å². The molecule has 0 aliphatic heterocycles.